The first-order valence-corrected chi connectivity index (χ1v) is 10.5. The zero-order chi connectivity index (χ0) is 21.0. The van der Waals surface area contributed by atoms with Crippen molar-refractivity contribution in [1.29, 1.82) is 0 Å². The van der Waals surface area contributed by atoms with Crippen LogP contribution in [0.2, 0.25) is 10.0 Å². The summed E-state index contributed by atoms with van der Waals surface area (Å²) in [6.45, 7) is 4.18. The van der Waals surface area contributed by atoms with Gasteiger partial charge >= 0.3 is 0 Å². The normalized spacial score (nSPS) is 10.8. The summed E-state index contributed by atoms with van der Waals surface area (Å²) in [5.41, 5.74) is 3.00. The Morgan fingerprint density at radius 1 is 1.17 bits per heavy atom. The number of hydrogen-bond donors (Lipinski definition) is 1. The average Bonchev–Trinajstić information content (AvgIpc) is 3.01. The Labute approximate surface area is 183 Å². The van der Waals surface area contributed by atoms with Gasteiger partial charge in [0, 0.05) is 17.8 Å². The third-order valence-corrected chi connectivity index (χ3v) is 5.71. The van der Waals surface area contributed by atoms with Crippen LogP contribution in [0, 0.1) is 13.8 Å². The smallest absolute Gasteiger partial charge is 0.234 e. The van der Waals surface area contributed by atoms with Crippen LogP contribution < -0.4 is 10.1 Å². The number of aryl methyl sites for hydroxylation is 2. The van der Waals surface area contributed by atoms with Crippen molar-refractivity contribution in [3.63, 3.8) is 0 Å². The van der Waals surface area contributed by atoms with E-state index in [0.717, 1.165) is 16.8 Å². The number of thioether (sulfide) groups is 1. The van der Waals surface area contributed by atoms with Gasteiger partial charge in [0.2, 0.25) is 5.91 Å². The molecule has 1 heterocycles. The Kier molecular flexibility index (Phi) is 7.05. The molecule has 0 aliphatic heterocycles. The van der Waals surface area contributed by atoms with Gasteiger partial charge in [0.15, 0.2) is 11.0 Å². The lowest BCUT2D eigenvalue weighted by molar-refractivity contribution is -0.113. The largest absolute Gasteiger partial charge is 0.484 e. The van der Waals surface area contributed by atoms with Crippen molar-refractivity contribution in [3.8, 4) is 5.75 Å². The Morgan fingerprint density at radius 3 is 2.69 bits per heavy atom. The van der Waals surface area contributed by atoms with Gasteiger partial charge in [-0.1, -0.05) is 52.7 Å². The molecule has 2 aromatic carbocycles. The van der Waals surface area contributed by atoms with Crippen LogP contribution in [0.5, 0.6) is 5.75 Å². The molecule has 152 valence electrons. The highest BCUT2D eigenvalue weighted by Crippen LogP contribution is 2.28. The van der Waals surface area contributed by atoms with Crippen molar-refractivity contribution in [2.45, 2.75) is 25.6 Å². The van der Waals surface area contributed by atoms with Crippen molar-refractivity contribution in [3.05, 3.63) is 63.4 Å². The molecule has 6 nitrogen and oxygen atoms in total. The monoisotopic (exact) mass is 450 g/mol. The first kappa shape index (κ1) is 21.5. The number of halogens is 2. The number of carbonyl (C=O) groups excluding carboxylic acids is 1. The third-order valence-electron chi connectivity index (χ3n) is 4.16. The Morgan fingerprint density at radius 2 is 1.97 bits per heavy atom. The lowest BCUT2D eigenvalue weighted by atomic mass is 10.1. The van der Waals surface area contributed by atoms with Crippen molar-refractivity contribution < 1.29 is 9.53 Å². The molecule has 0 atom stereocenters. The van der Waals surface area contributed by atoms with E-state index in [-0.39, 0.29) is 18.3 Å². The molecule has 9 heteroatoms. The molecule has 0 saturated carbocycles. The number of hydrogen-bond acceptors (Lipinski definition) is 5. The Hall–Kier alpha value is -2.22. The third kappa shape index (κ3) is 5.65. The van der Waals surface area contributed by atoms with Gasteiger partial charge in [0.05, 0.1) is 10.8 Å². The first-order chi connectivity index (χ1) is 13.8. The predicted molar refractivity (Wildman–Crippen MR) is 117 cm³/mol. The van der Waals surface area contributed by atoms with Crippen molar-refractivity contribution >= 4 is 46.6 Å². The summed E-state index contributed by atoms with van der Waals surface area (Å²) in [7, 11) is 1.83. The van der Waals surface area contributed by atoms with E-state index in [1.165, 1.54) is 11.8 Å². The van der Waals surface area contributed by atoms with E-state index in [9.17, 15) is 4.79 Å². The van der Waals surface area contributed by atoms with E-state index in [4.69, 9.17) is 27.9 Å². The molecule has 0 spiro atoms. The fraction of sp³-hybridized carbons (Fsp3) is 0.250. The average molecular weight is 451 g/mol. The minimum absolute atomic E-state index is 0.101. The molecule has 0 unspecified atom stereocenters. The number of anilines is 1. The second-order valence-corrected chi connectivity index (χ2v) is 8.26. The molecule has 3 rings (SSSR count). The molecule has 29 heavy (non-hydrogen) atoms. The highest BCUT2D eigenvalue weighted by Gasteiger charge is 2.13. The minimum Gasteiger partial charge on any atom is -0.484 e. The number of rotatable bonds is 7. The molecule has 0 radical (unpaired) electrons. The molecular formula is C20H20Cl2N4O2S. The fourth-order valence-electron chi connectivity index (χ4n) is 2.60. The van der Waals surface area contributed by atoms with Gasteiger partial charge in [-0.3, -0.25) is 4.79 Å². The number of carbonyl (C=O) groups is 1. The van der Waals surface area contributed by atoms with Crippen LogP contribution in [0.25, 0.3) is 0 Å². The van der Waals surface area contributed by atoms with Crippen molar-refractivity contribution in [1.82, 2.24) is 14.8 Å². The zero-order valence-corrected chi connectivity index (χ0v) is 18.5. The Bertz CT molecular complexity index is 1040. The predicted octanol–water partition coefficient (Wildman–Crippen LogP) is 5.05. The number of benzene rings is 2. The molecular weight excluding hydrogens is 431 g/mol. The molecule has 1 N–H and O–H groups in total. The highest BCUT2D eigenvalue weighted by molar-refractivity contribution is 7.99. The van der Waals surface area contributed by atoms with E-state index in [1.807, 2.05) is 39.1 Å². The lowest BCUT2D eigenvalue weighted by Crippen LogP contribution is -2.15. The number of ether oxygens (including phenoxy) is 1. The SMILES string of the molecule is Cc1ccc(NC(=O)CSc2nnc(COc3ccc(Cl)cc3Cl)n2C)c(C)c1. The highest BCUT2D eigenvalue weighted by atomic mass is 35.5. The topological polar surface area (TPSA) is 69.0 Å². The first-order valence-electron chi connectivity index (χ1n) is 8.79. The maximum Gasteiger partial charge on any atom is 0.234 e. The van der Waals surface area contributed by atoms with Gasteiger partial charge in [-0.05, 0) is 43.7 Å². The van der Waals surface area contributed by atoms with Crippen LogP contribution >= 0.6 is 35.0 Å². The molecule has 1 amide bonds. The van der Waals surface area contributed by atoms with Crippen molar-refractivity contribution in [2.24, 2.45) is 7.05 Å². The number of aromatic nitrogens is 3. The van der Waals surface area contributed by atoms with E-state index in [0.29, 0.717) is 26.8 Å². The van der Waals surface area contributed by atoms with E-state index >= 15 is 0 Å². The van der Waals surface area contributed by atoms with E-state index in [1.54, 1.807) is 22.8 Å². The molecule has 3 aromatic rings. The summed E-state index contributed by atoms with van der Waals surface area (Å²) in [6, 6.07) is 10.9. The lowest BCUT2D eigenvalue weighted by Gasteiger charge is -2.09. The van der Waals surface area contributed by atoms with Crippen LogP contribution in [0.1, 0.15) is 17.0 Å². The van der Waals surface area contributed by atoms with Gasteiger partial charge in [-0.15, -0.1) is 10.2 Å². The second kappa shape index (κ2) is 9.52. The summed E-state index contributed by atoms with van der Waals surface area (Å²) < 4.78 is 7.49. The van der Waals surface area contributed by atoms with Crippen LogP contribution in [-0.4, -0.2) is 26.4 Å². The summed E-state index contributed by atoms with van der Waals surface area (Å²) in [5.74, 6) is 1.26. The van der Waals surface area contributed by atoms with Crippen molar-refractivity contribution in [2.75, 3.05) is 11.1 Å². The standard InChI is InChI=1S/C20H20Cl2N4O2S/c1-12-4-6-16(13(2)8-12)23-19(27)11-29-20-25-24-18(26(20)3)10-28-17-7-5-14(21)9-15(17)22/h4-9H,10-11H2,1-3H3,(H,23,27). The van der Waals surface area contributed by atoms with Gasteiger partial charge < -0.3 is 14.6 Å². The minimum atomic E-state index is -0.101. The summed E-state index contributed by atoms with van der Waals surface area (Å²) in [5, 5.41) is 12.8. The van der Waals surface area contributed by atoms with Gasteiger partial charge in [0.25, 0.3) is 0 Å². The van der Waals surface area contributed by atoms with Crippen LogP contribution in [-0.2, 0) is 18.4 Å². The van der Waals surface area contributed by atoms with Crippen LogP contribution in [0.4, 0.5) is 5.69 Å². The fourth-order valence-corrected chi connectivity index (χ4v) is 3.79. The zero-order valence-electron chi connectivity index (χ0n) is 16.2. The molecule has 0 saturated heterocycles. The molecule has 0 bridgehead atoms. The Balaban J connectivity index is 1.55. The maximum absolute atomic E-state index is 12.3. The number of nitrogens with one attached hydrogen (secondary N) is 1. The second-order valence-electron chi connectivity index (χ2n) is 6.48. The van der Waals surface area contributed by atoms with Crippen LogP contribution in [0.15, 0.2) is 41.6 Å². The molecule has 0 fully saturated rings. The van der Waals surface area contributed by atoms with Crippen LogP contribution in [0.3, 0.4) is 0 Å². The maximum atomic E-state index is 12.3. The van der Waals surface area contributed by atoms with Gasteiger partial charge in [0.1, 0.15) is 12.4 Å². The van der Waals surface area contributed by atoms with E-state index in [2.05, 4.69) is 15.5 Å². The quantitative estimate of drug-likeness (QED) is 0.510. The number of nitrogens with zero attached hydrogens (tertiary/aromatic N) is 3. The van der Waals surface area contributed by atoms with Gasteiger partial charge in [-0.25, -0.2) is 0 Å². The number of amides is 1. The van der Waals surface area contributed by atoms with E-state index < -0.39 is 0 Å². The summed E-state index contributed by atoms with van der Waals surface area (Å²) >= 11 is 13.3. The molecule has 0 aliphatic rings. The molecule has 0 aliphatic carbocycles. The van der Waals surface area contributed by atoms with Gasteiger partial charge in [-0.2, -0.15) is 0 Å². The molecule has 1 aromatic heterocycles. The summed E-state index contributed by atoms with van der Waals surface area (Å²) in [4.78, 5) is 12.3. The summed E-state index contributed by atoms with van der Waals surface area (Å²) in [6.07, 6.45) is 0.